The molecule has 11 nitrogen and oxygen atoms in total. The summed E-state index contributed by atoms with van der Waals surface area (Å²) in [6.07, 6.45) is 2.45. The van der Waals surface area contributed by atoms with Crippen LogP contribution in [0.1, 0.15) is 71.7 Å². The first-order valence-corrected chi connectivity index (χ1v) is 18.6. The molecule has 0 heterocycles. The molecule has 0 bridgehead atoms. The topological polar surface area (TPSA) is 151 Å². The standard InChI is InChI=1S/C39H46N4O7S/c1-4-50-36(44)21-9-10-26-40-39(47)33(42-38(46)30-24-22-29(23-25-30)37(45)28-14-6-5-7-15-28)18-8-11-27-41-51(48,49)35-20-13-16-31-32(35)17-12-19-34(31)43(2)3/h5-7,12-17,19-20,22-25,33,41H,4,8-11,18,21,26-27H2,1-3H3,(H,40,47)(H,42,46). The Bertz CT molecular complexity index is 1910. The highest BCUT2D eigenvalue weighted by Crippen LogP contribution is 2.30. The Morgan fingerprint density at radius 3 is 2.08 bits per heavy atom. The number of rotatable bonds is 19. The minimum atomic E-state index is -3.83. The molecular formula is C39H46N4O7S. The van der Waals surface area contributed by atoms with Gasteiger partial charge >= 0.3 is 5.97 Å². The second-order valence-corrected chi connectivity index (χ2v) is 14.0. The number of anilines is 1. The zero-order valence-electron chi connectivity index (χ0n) is 29.3. The van der Waals surface area contributed by atoms with Gasteiger partial charge in [-0.05, 0) is 63.3 Å². The van der Waals surface area contributed by atoms with Gasteiger partial charge in [-0.1, -0.05) is 66.7 Å². The third-order valence-corrected chi connectivity index (χ3v) is 9.84. The maximum absolute atomic E-state index is 13.3. The largest absolute Gasteiger partial charge is 0.466 e. The molecule has 4 aromatic rings. The number of unbranched alkanes of at least 4 members (excludes halogenated alkanes) is 2. The Hall–Kier alpha value is -5.07. The first-order chi connectivity index (χ1) is 24.5. The maximum Gasteiger partial charge on any atom is 0.305 e. The number of sulfonamides is 1. The highest BCUT2D eigenvalue weighted by molar-refractivity contribution is 7.89. The molecule has 4 rings (SSSR count). The summed E-state index contributed by atoms with van der Waals surface area (Å²) >= 11 is 0. The van der Waals surface area contributed by atoms with Crippen LogP contribution >= 0.6 is 0 Å². The molecule has 1 unspecified atom stereocenters. The molecule has 1 atom stereocenters. The van der Waals surface area contributed by atoms with Crippen molar-refractivity contribution in [3.05, 3.63) is 108 Å². The van der Waals surface area contributed by atoms with Crippen molar-refractivity contribution in [2.45, 2.75) is 56.4 Å². The third-order valence-electron chi connectivity index (χ3n) is 8.32. The summed E-state index contributed by atoms with van der Waals surface area (Å²) in [6.45, 7) is 2.50. The number of carbonyl (C=O) groups excluding carboxylic acids is 4. The zero-order chi connectivity index (χ0) is 36.8. The van der Waals surface area contributed by atoms with Crippen LogP contribution in [0.3, 0.4) is 0 Å². The first-order valence-electron chi connectivity index (χ1n) is 17.1. The third kappa shape index (κ3) is 11.0. The van der Waals surface area contributed by atoms with Gasteiger partial charge in [-0.2, -0.15) is 0 Å². The molecule has 0 radical (unpaired) electrons. The van der Waals surface area contributed by atoms with Crippen LogP contribution in [-0.2, 0) is 24.3 Å². The normalized spacial score (nSPS) is 11.8. The lowest BCUT2D eigenvalue weighted by atomic mass is 10.0. The molecule has 2 amide bonds. The fourth-order valence-electron chi connectivity index (χ4n) is 5.65. The molecule has 0 saturated heterocycles. The zero-order valence-corrected chi connectivity index (χ0v) is 30.1. The minimum absolute atomic E-state index is 0.138. The molecule has 0 spiro atoms. The van der Waals surface area contributed by atoms with E-state index in [0.29, 0.717) is 55.3 Å². The van der Waals surface area contributed by atoms with Crippen molar-refractivity contribution in [3.8, 4) is 0 Å². The van der Waals surface area contributed by atoms with Gasteiger partial charge in [-0.15, -0.1) is 0 Å². The fourth-order valence-corrected chi connectivity index (χ4v) is 6.94. The number of benzene rings is 4. The number of hydrogen-bond donors (Lipinski definition) is 3. The Balaban J connectivity index is 1.37. The summed E-state index contributed by atoms with van der Waals surface area (Å²) in [6, 6.07) is 24.9. The van der Waals surface area contributed by atoms with E-state index in [2.05, 4.69) is 15.4 Å². The number of nitrogens with zero attached hydrogens (tertiary/aromatic N) is 1. The average Bonchev–Trinajstić information content (AvgIpc) is 3.13. The minimum Gasteiger partial charge on any atom is -0.466 e. The van der Waals surface area contributed by atoms with Crippen LogP contribution in [0.5, 0.6) is 0 Å². The fraction of sp³-hybridized carbons (Fsp3) is 0.333. The van der Waals surface area contributed by atoms with Gasteiger partial charge in [0.05, 0.1) is 11.5 Å². The van der Waals surface area contributed by atoms with Crippen molar-refractivity contribution in [1.29, 1.82) is 0 Å². The average molecular weight is 715 g/mol. The molecule has 0 aliphatic rings. The molecule has 270 valence electrons. The van der Waals surface area contributed by atoms with E-state index in [1.54, 1.807) is 73.7 Å². The van der Waals surface area contributed by atoms with Crippen LogP contribution in [-0.4, -0.2) is 71.8 Å². The first kappa shape index (κ1) is 38.7. The molecule has 0 fully saturated rings. The number of carbonyl (C=O) groups is 4. The van der Waals surface area contributed by atoms with Crippen molar-refractivity contribution < 1.29 is 32.3 Å². The van der Waals surface area contributed by atoms with Crippen molar-refractivity contribution >= 4 is 50.1 Å². The van der Waals surface area contributed by atoms with Crippen LogP contribution in [0, 0.1) is 0 Å². The van der Waals surface area contributed by atoms with E-state index in [4.69, 9.17) is 4.74 Å². The number of nitrogens with one attached hydrogen (secondary N) is 3. The van der Waals surface area contributed by atoms with E-state index in [-0.39, 0.29) is 47.5 Å². The number of amides is 2. The molecule has 51 heavy (non-hydrogen) atoms. The van der Waals surface area contributed by atoms with Crippen molar-refractivity contribution in [2.24, 2.45) is 0 Å². The van der Waals surface area contributed by atoms with E-state index in [0.717, 1.165) is 11.1 Å². The second-order valence-electron chi connectivity index (χ2n) is 12.3. The van der Waals surface area contributed by atoms with Gasteiger partial charge in [-0.25, -0.2) is 13.1 Å². The summed E-state index contributed by atoms with van der Waals surface area (Å²) in [5.41, 5.74) is 2.16. The molecule has 3 N–H and O–H groups in total. The Kier molecular flexibility index (Phi) is 14.3. The predicted octanol–water partition coefficient (Wildman–Crippen LogP) is 5.23. The number of ketones is 1. The van der Waals surface area contributed by atoms with Gasteiger partial charge in [0, 0.05) is 66.8 Å². The van der Waals surface area contributed by atoms with Gasteiger partial charge in [-0.3, -0.25) is 19.2 Å². The SMILES string of the molecule is CCOC(=O)CCCCNC(=O)C(CCCCNS(=O)(=O)c1cccc2c(N(C)C)cccc12)NC(=O)c1ccc(C(=O)c2ccccc2)cc1. The molecule has 0 aromatic heterocycles. The lowest BCUT2D eigenvalue weighted by Gasteiger charge is -2.19. The van der Waals surface area contributed by atoms with Gasteiger partial charge in [0.15, 0.2) is 5.78 Å². The van der Waals surface area contributed by atoms with Crippen LogP contribution in [0.4, 0.5) is 5.69 Å². The lowest BCUT2D eigenvalue weighted by molar-refractivity contribution is -0.143. The van der Waals surface area contributed by atoms with E-state index < -0.39 is 22.0 Å². The van der Waals surface area contributed by atoms with Gasteiger partial charge in [0.1, 0.15) is 6.04 Å². The number of fused-ring (bicyclic) bond motifs is 1. The number of esters is 1. The Labute approximate surface area is 299 Å². The van der Waals surface area contributed by atoms with Gasteiger partial charge in [0.2, 0.25) is 15.9 Å². The monoisotopic (exact) mass is 714 g/mol. The predicted molar refractivity (Wildman–Crippen MR) is 198 cm³/mol. The van der Waals surface area contributed by atoms with Crippen LogP contribution < -0.4 is 20.3 Å². The van der Waals surface area contributed by atoms with Crippen LogP contribution in [0.25, 0.3) is 10.8 Å². The van der Waals surface area contributed by atoms with Gasteiger partial charge < -0.3 is 20.3 Å². The molecular weight excluding hydrogens is 669 g/mol. The maximum atomic E-state index is 13.3. The summed E-state index contributed by atoms with van der Waals surface area (Å²) in [5, 5.41) is 7.09. The van der Waals surface area contributed by atoms with E-state index >= 15 is 0 Å². The van der Waals surface area contributed by atoms with Crippen LogP contribution in [0.2, 0.25) is 0 Å². The van der Waals surface area contributed by atoms with E-state index in [9.17, 15) is 27.6 Å². The Morgan fingerprint density at radius 1 is 0.725 bits per heavy atom. The summed E-state index contributed by atoms with van der Waals surface area (Å²) < 4.78 is 34.3. The van der Waals surface area contributed by atoms with Gasteiger partial charge in [0.25, 0.3) is 5.91 Å². The highest BCUT2D eigenvalue weighted by atomic mass is 32.2. The highest BCUT2D eigenvalue weighted by Gasteiger charge is 2.22. The molecule has 12 heteroatoms. The number of ether oxygens (including phenoxy) is 1. The molecule has 0 aliphatic carbocycles. The van der Waals surface area contributed by atoms with E-state index in [1.807, 2.05) is 43.3 Å². The quantitative estimate of drug-likeness (QED) is 0.0679. The van der Waals surface area contributed by atoms with Crippen LogP contribution in [0.15, 0.2) is 95.9 Å². The molecule has 0 saturated carbocycles. The van der Waals surface area contributed by atoms with Crippen molar-refractivity contribution in [1.82, 2.24) is 15.4 Å². The van der Waals surface area contributed by atoms with Crippen molar-refractivity contribution in [3.63, 3.8) is 0 Å². The van der Waals surface area contributed by atoms with E-state index in [1.165, 1.54) is 0 Å². The summed E-state index contributed by atoms with van der Waals surface area (Å²) in [5.74, 6) is -1.33. The lowest BCUT2D eigenvalue weighted by Crippen LogP contribution is -2.47. The van der Waals surface area contributed by atoms with Crippen molar-refractivity contribution in [2.75, 3.05) is 38.7 Å². The summed E-state index contributed by atoms with van der Waals surface area (Å²) in [7, 11) is -0.0226. The second kappa shape index (κ2) is 18.8. The summed E-state index contributed by atoms with van der Waals surface area (Å²) in [4.78, 5) is 53.0. The molecule has 4 aromatic carbocycles. The molecule has 0 aliphatic heterocycles. The number of hydrogen-bond acceptors (Lipinski definition) is 8. The Morgan fingerprint density at radius 2 is 1.37 bits per heavy atom. The smallest absolute Gasteiger partial charge is 0.305 e.